The number of rotatable bonds is 7. The Morgan fingerprint density at radius 3 is 2.16 bits per heavy atom. The minimum atomic E-state index is -3.58. The van der Waals surface area contributed by atoms with Crippen LogP contribution in [0.2, 0.25) is 0 Å². The summed E-state index contributed by atoms with van der Waals surface area (Å²) in [6.07, 6.45) is 2.92. The van der Waals surface area contributed by atoms with Crippen molar-refractivity contribution >= 4 is 15.9 Å². The number of piperidine rings is 1. The molecule has 0 spiro atoms. The summed E-state index contributed by atoms with van der Waals surface area (Å²) < 4.78 is 28.4. The Hall–Kier alpha value is -2.18. The van der Waals surface area contributed by atoms with Gasteiger partial charge < -0.3 is 5.32 Å². The number of carbonyl (C=O) groups excluding carboxylic acids is 1. The van der Waals surface area contributed by atoms with Crippen molar-refractivity contribution in [3.05, 3.63) is 64.2 Å². The molecule has 0 radical (unpaired) electrons. The molecular weight excluding hydrogens is 420 g/mol. The molecule has 1 aliphatic rings. The van der Waals surface area contributed by atoms with Gasteiger partial charge in [-0.25, -0.2) is 8.42 Å². The Morgan fingerprint density at radius 1 is 1.03 bits per heavy atom. The van der Waals surface area contributed by atoms with Crippen LogP contribution in [0.4, 0.5) is 0 Å². The average Bonchev–Trinajstić information content (AvgIpc) is 2.77. The molecule has 1 atom stereocenters. The highest BCUT2D eigenvalue weighted by molar-refractivity contribution is 7.89. The summed E-state index contributed by atoms with van der Waals surface area (Å²) in [5.41, 5.74) is 4.89. The van der Waals surface area contributed by atoms with Crippen LogP contribution in [0.25, 0.3) is 0 Å². The van der Waals surface area contributed by atoms with E-state index in [2.05, 4.69) is 17.4 Å². The van der Waals surface area contributed by atoms with Gasteiger partial charge in [0, 0.05) is 25.0 Å². The van der Waals surface area contributed by atoms with Gasteiger partial charge >= 0.3 is 0 Å². The number of sulfonamides is 1. The lowest BCUT2D eigenvalue weighted by atomic mass is 9.96. The zero-order valence-electron chi connectivity index (χ0n) is 19.9. The fourth-order valence-corrected chi connectivity index (χ4v) is 6.56. The summed E-state index contributed by atoms with van der Waals surface area (Å²) in [6, 6.07) is 12.4. The van der Waals surface area contributed by atoms with E-state index in [4.69, 9.17) is 0 Å². The highest BCUT2D eigenvalue weighted by Crippen LogP contribution is 2.31. The summed E-state index contributed by atoms with van der Waals surface area (Å²) in [5.74, 6) is -0.0940. The van der Waals surface area contributed by atoms with Gasteiger partial charge in [-0.2, -0.15) is 4.31 Å². The molecule has 5 nitrogen and oxygen atoms in total. The van der Waals surface area contributed by atoms with E-state index in [0.29, 0.717) is 30.8 Å². The van der Waals surface area contributed by atoms with Crippen molar-refractivity contribution in [3.63, 3.8) is 0 Å². The lowest BCUT2D eigenvalue weighted by molar-refractivity contribution is -0.126. The van der Waals surface area contributed by atoms with E-state index < -0.39 is 10.0 Å². The standard InChI is InChI=1S/C26H36N2O3S/c1-18-17-19(2)22(5)25(21(18)4)32(30,31)28-15-13-24(14-16-28)26(29)27-20(3)11-12-23-9-7-6-8-10-23/h6-10,17,20,24H,11-16H2,1-5H3,(H,27,29)/t20-/m0/s1. The van der Waals surface area contributed by atoms with Gasteiger partial charge in [0.15, 0.2) is 0 Å². The predicted molar refractivity (Wildman–Crippen MR) is 129 cm³/mol. The number of nitrogens with zero attached hydrogens (tertiary/aromatic N) is 1. The average molecular weight is 457 g/mol. The van der Waals surface area contributed by atoms with Crippen molar-refractivity contribution in [1.29, 1.82) is 0 Å². The third-order valence-electron chi connectivity index (χ3n) is 6.82. The molecule has 1 aliphatic heterocycles. The molecule has 2 aromatic rings. The number of amides is 1. The highest BCUT2D eigenvalue weighted by Gasteiger charge is 2.34. The first kappa shape index (κ1) is 24.5. The molecule has 3 rings (SSSR count). The van der Waals surface area contributed by atoms with Gasteiger partial charge in [0.1, 0.15) is 0 Å². The molecule has 6 heteroatoms. The molecule has 1 amide bonds. The van der Waals surface area contributed by atoms with Gasteiger partial charge in [-0.1, -0.05) is 36.4 Å². The lowest BCUT2D eigenvalue weighted by Crippen LogP contribution is -2.45. The Balaban J connectivity index is 1.58. The van der Waals surface area contributed by atoms with Crippen LogP contribution in [0.15, 0.2) is 41.3 Å². The quantitative estimate of drug-likeness (QED) is 0.669. The van der Waals surface area contributed by atoms with Gasteiger partial charge in [-0.15, -0.1) is 0 Å². The van der Waals surface area contributed by atoms with E-state index >= 15 is 0 Å². The summed E-state index contributed by atoms with van der Waals surface area (Å²) in [7, 11) is -3.58. The van der Waals surface area contributed by atoms with E-state index in [1.807, 2.05) is 58.9 Å². The molecule has 32 heavy (non-hydrogen) atoms. The van der Waals surface area contributed by atoms with Crippen molar-refractivity contribution in [2.45, 2.75) is 71.2 Å². The van der Waals surface area contributed by atoms with Crippen LogP contribution in [-0.2, 0) is 21.2 Å². The number of hydrogen-bond donors (Lipinski definition) is 1. The maximum Gasteiger partial charge on any atom is 0.243 e. The Labute approximate surface area is 193 Å². The monoisotopic (exact) mass is 456 g/mol. The SMILES string of the molecule is Cc1cc(C)c(C)c(S(=O)(=O)N2CCC(C(=O)N[C@@H](C)CCc3ccccc3)CC2)c1C. The van der Waals surface area contributed by atoms with E-state index in [-0.39, 0.29) is 17.9 Å². The zero-order valence-corrected chi connectivity index (χ0v) is 20.8. The number of benzene rings is 2. The molecule has 1 saturated heterocycles. The van der Waals surface area contributed by atoms with Crippen molar-refractivity contribution in [3.8, 4) is 0 Å². The van der Waals surface area contributed by atoms with E-state index in [9.17, 15) is 13.2 Å². The van der Waals surface area contributed by atoms with Crippen molar-refractivity contribution in [2.75, 3.05) is 13.1 Å². The molecule has 2 aromatic carbocycles. The fraction of sp³-hybridized carbons (Fsp3) is 0.500. The number of carbonyl (C=O) groups is 1. The second-order valence-electron chi connectivity index (χ2n) is 9.20. The number of aryl methyl sites for hydroxylation is 3. The lowest BCUT2D eigenvalue weighted by Gasteiger charge is -2.32. The van der Waals surface area contributed by atoms with Crippen LogP contribution < -0.4 is 5.32 Å². The molecule has 1 fully saturated rings. The van der Waals surface area contributed by atoms with Gasteiger partial charge in [-0.05, 0) is 88.1 Å². The predicted octanol–water partition coefficient (Wildman–Crippen LogP) is 4.46. The topological polar surface area (TPSA) is 66.5 Å². The molecule has 1 N–H and O–H groups in total. The largest absolute Gasteiger partial charge is 0.353 e. The minimum absolute atomic E-state index is 0.0429. The zero-order chi connectivity index (χ0) is 23.5. The van der Waals surface area contributed by atoms with Crippen molar-refractivity contribution in [1.82, 2.24) is 9.62 Å². The highest BCUT2D eigenvalue weighted by atomic mass is 32.2. The Bertz CT molecular complexity index is 1030. The van der Waals surface area contributed by atoms with Gasteiger partial charge in [0.05, 0.1) is 4.90 Å². The Kier molecular flexibility index (Phi) is 7.78. The van der Waals surface area contributed by atoms with Gasteiger partial charge in [0.25, 0.3) is 0 Å². The first-order valence-electron chi connectivity index (χ1n) is 11.5. The summed E-state index contributed by atoms with van der Waals surface area (Å²) in [6.45, 7) is 10.5. The number of nitrogens with one attached hydrogen (secondary N) is 1. The molecule has 174 valence electrons. The van der Waals surface area contributed by atoms with Crippen LogP contribution in [0, 0.1) is 33.6 Å². The van der Waals surface area contributed by atoms with Gasteiger partial charge in [-0.3, -0.25) is 4.79 Å². The van der Waals surface area contributed by atoms with Crippen LogP contribution in [0.3, 0.4) is 0 Å². The third kappa shape index (κ3) is 5.41. The molecule has 0 aliphatic carbocycles. The maximum absolute atomic E-state index is 13.4. The molecule has 0 aromatic heterocycles. The number of hydrogen-bond acceptors (Lipinski definition) is 3. The molecule has 0 bridgehead atoms. The van der Waals surface area contributed by atoms with Gasteiger partial charge in [0.2, 0.25) is 15.9 Å². The maximum atomic E-state index is 13.4. The molecule has 0 saturated carbocycles. The van der Waals surface area contributed by atoms with Crippen LogP contribution in [0.1, 0.15) is 54.0 Å². The normalized spacial score (nSPS) is 16.7. The summed E-state index contributed by atoms with van der Waals surface area (Å²) in [5, 5.41) is 3.13. The van der Waals surface area contributed by atoms with Crippen LogP contribution >= 0.6 is 0 Å². The summed E-state index contributed by atoms with van der Waals surface area (Å²) >= 11 is 0. The van der Waals surface area contributed by atoms with Crippen LogP contribution in [0.5, 0.6) is 0 Å². The van der Waals surface area contributed by atoms with E-state index in [1.165, 1.54) is 5.56 Å². The molecular formula is C26H36N2O3S. The molecule has 0 unspecified atom stereocenters. The fourth-order valence-electron chi connectivity index (χ4n) is 4.52. The van der Waals surface area contributed by atoms with E-state index in [1.54, 1.807) is 4.31 Å². The third-order valence-corrected chi connectivity index (χ3v) is 8.99. The second kappa shape index (κ2) is 10.2. The smallest absolute Gasteiger partial charge is 0.243 e. The first-order valence-corrected chi connectivity index (χ1v) is 13.0. The second-order valence-corrected chi connectivity index (χ2v) is 11.1. The van der Waals surface area contributed by atoms with E-state index in [0.717, 1.165) is 35.1 Å². The Morgan fingerprint density at radius 2 is 1.59 bits per heavy atom. The van der Waals surface area contributed by atoms with Crippen molar-refractivity contribution in [2.24, 2.45) is 5.92 Å². The first-order chi connectivity index (χ1) is 15.1. The summed E-state index contributed by atoms with van der Waals surface area (Å²) in [4.78, 5) is 13.2. The minimum Gasteiger partial charge on any atom is -0.353 e. The van der Waals surface area contributed by atoms with Crippen molar-refractivity contribution < 1.29 is 13.2 Å². The molecule has 1 heterocycles. The van der Waals surface area contributed by atoms with Crippen LogP contribution in [-0.4, -0.2) is 37.8 Å².